The summed E-state index contributed by atoms with van der Waals surface area (Å²) in [6, 6.07) is 0. The van der Waals surface area contributed by atoms with E-state index >= 15 is 0 Å². The quantitative estimate of drug-likeness (QED) is 0.479. The van der Waals surface area contributed by atoms with Gasteiger partial charge in [0, 0.05) is 6.20 Å². The molecule has 0 aromatic rings. The van der Waals surface area contributed by atoms with Crippen molar-refractivity contribution in [3.63, 3.8) is 0 Å². The highest BCUT2D eigenvalue weighted by Crippen LogP contribution is 2.02. The van der Waals surface area contributed by atoms with E-state index in [9.17, 15) is 4.79 Å². The molecule has 0 amide bonds. The van der Waals surface area contributed by atoms with E-state index in [1.54, 1.807) is 5.94 Å². The Balaban J connectivity index is 2.90. The lowest BCUT2D eigenvalue weighted by molar-refractivity contribution is 0.310. The molecule has 0 aromatic carbocycles. The molecule has 0 aromatic heterocycles. The van der Waals surface area contributed by atoms with Crippen molar-refractivity contribution >= 4 is 11.8 Å². The van der Waals surface area contributed by atoms with Gasteiger partial charge >= 0.3 is 0 Å². The molecule has 0 fully saturated rings. The summed E-state index contributed by atoms with van der Waals surface area (Å²) in [5.41, 5.74) is 5.37. The smallest absolute Gasteiger partial charge is 0.218 e. The molecule has 0 saturated carbocycles. The van der Waals surface area contributed by atoms with Crippen molar-refractivity contribution in [3.05, 3.63) is 17.8 Å². The zero-order chi connectivity index (χ0) is 8.27. The molecule has 3 N–H and O–H groups in total. The van der Waals surface area contributed by atoms with E-state index in [1.165, 1.54) is 13.3 Å². The highest BCUT2D eigenvalue weighted by molar-refractivity contribution is 5.97. The van der Waals surface area contributed by atoms with E-state index in [4.69, 9.17) is 10.5 Å². The van der Waals surface area contributed by atoms with Gasteiger partial charge in [0.05, 0.1) is 7.11 Å². The summed E-state index contributed by atoms with van der Waals surface area (Å²) in [7, 11) is 1.46. The largest absolute Gasteiger partial charge is 0.491 e. The molecular formula is C6H7N3O2. The van der Waals surface area contributed by atoms with E-state index in [0.717, 1.165) is 0 Å². The number of hydrogen-bond donors (Lipinski definition) is 2. The molecule has 58 valence electrons. The Morgan fingerprint density at radius 3 is 3.00 bits per heavy atom. The molecule has 1 rings (SSSR count). The molecule has 1 heterocycles. The minimum absolute atomic E-state index is 0.0586. The number of carbonyl (C=O) groups excluding carboxylic acids is 1. The molecule has 0 radical (unpaired) electrons. The minimum Gasteiger partial charge on any atom is -0.491 e. The van der Waals surface area contributed by atoms with Crippen LogP contribution in [0.1, 0.15) is 0 Å². The van der Waals surface area contributed by atoms with Gasteiger partial charge < -0.3 is 15.8 Å². The molecule has 0 atom stereocenters. The molecule has 0 spiro atoms. The zero-order valence-electron chi connectivity index (χ0n) is 5.92. The van der Waals surface area contributed by atoms with Crippen LogP contribution in [0.2, 0.25) is 0 Å². The van der Waals surface area contributed by atoms with Gasteiger partial charge in [0.2, 0.25) is 5.82 Å². The predicted molar refractivity (Wildman–Crippen MR) is 39.1 cm³/mol. The molecule has 11 heavy (non-hydrogen) atoms. The van der Waals surface area contributed by atoms with Gasteiger partial charge in [-0.25, -0.2) is 4.79 Å². The number of hydrogen-bond acceptors (Lipinski definition) is 5. The SMILES string of the molecule is COC1=CNC(=C=O)N=C1N. The number of aliphatic imine (C=N–C) groups is 1. The van der Waals surface area contributed by atoms with Crippen molar-refractivity contribution in [2.24, 2.45) is 10.7 Å². The van der Waals surface area contributed by atoms with Crippen molar-refractivity contribution in [1.29, 1.82) is 0 Å². The summed E-state index contributed by atoms with van der Waals surface area (Å²) >= 11 is 0. The van der Waals surface area contributed by atoms with Gasteiger partial charge in [0.15, 0.2) is 17.5 Å². The molecule has 5 nitrogen and oxygen atoms in total. The van der Waals surface area contributed by atoms with Gasteiger partial charge in [-0.15, -0.1) is 0 Å². The van der Waals surface area contributed by atoms with E-state index in [2.05, 4.69) is 10.3 Å². The monoisotopic (exact) mass is 153 g/mol. The number of ether oxygens (including phenoxy) is 1. The fourth-order valence-electron chi connectivity index (χ4n) is 0.631. The molecule has 0 bridgehead atoms. The number of methoxy groups -OCH3 is 1. The Labute approximate surface area is 63.2 Å². The Morgan fingerprint density at radius 1 is 1.82 bits per heavy atom. The Bertz CT molecular complexity index is 274. The molecule has 0 unspecified atom stereocenters. The third-order valence-corrected chi connectivity index (χ3v) is 1.14. The summed E-state index contributed by atoms with van der Waals surface area (Å²) in [6.07, 6.45) is 1.45. The third-order valence-electron chi connectivity index (χ3n) is 1.14. The number of nitrogens with zero attached hydrogens (tertiary/aromatic N) is 1. The summed E-state index contributed by atoms with van der Waals surface area (Å²) in [4.78, 5) is 13.7. The fourth-order valence-corrected chi connectivity index (χ4v) is 0.631. The second kappa shape index (κ2) is 2.90. The van der Waals surface area contributed by atoms with Crippen LogP contribution in [0.5, 0.6) is 0 Å². The van der Waals surface area contributed by atoms with Crippen molar-refractivity contribution in [2.45, 2.75) is 0 Å². The summed E-state index contributed by atoms with van der Waals surface area (Å²) in [5.74, 6) is 2.20. The maximum atomic E-state index is 10.0. The normalized spacial score (nSPS) is 15.9. The van der Waals surface area contributed by atoms with Crippen molar-refractivity contribution < 1.29 is 9.53 Å². The van der Waals surface area contributed by atoms with Crippen LogP contribution in [0.25, 0.3) is 0 Å². The van der Waals surface area contributed by atoms with E-state index in [0.29, 0.717) is 5.76 Å². The highest BCUT2D eigenvalue weighted by Gasteiger charge is 2.09. The lowest BCUT2D eigenvalue weighted by Gasteiger charge is -2.10. The first-order valence-corrected chi connectivity index (χ1v) is 2.88. The average molecular weight is 153 g/mol. The van der Waals surface area contributed by atoms with Crippen LogP contribution >= 0.6 is 0 Å². The predicted octanol–water partition coefficient (Wildman–Crippen LogP) is -0.892. The molecule has 1 aliphatic heterocycles. The number of amidine groups is 1. The van der Waals surface area contributed by atoms with Gasteiger partial charge in [-0.2, -0.15) is 4.99 Å². The van der Waals surface area contributed by atoms with Gasteiger partial charge in [-0.1, -0.05) is 0 Å². The minimum atomic E-state index is 0.0586. The second-order valence-electron chi connectivity index (χ2n) is 1.80. The van der Waals surface area contributed by atoms with Crippen molar-refractivity contribution in [2.75, 3.05) is 7.11 Å². The van der Waals surface area contributed by atoms with E-state index in [-0.39, 0.29) is 11.7 Å². The van der Waals surface area contributed by atoms with Crippen LogP contribution < -0.4 is 11.1 Å². The van der Waals surface area contributed by atoms with Gasteiger partial charge in [-0.3, -0.25) is 0 Å². The van der Waals surface area contributed by atoms with Crippen molar-refractivity contribution in [3.8, 4) is 0 Å². The van der Waals surface area contributed by atoms with Gasteiger partial charge in [0.1, 0.15) is 0 Å². The lowest BCUT2D eigenvalue weighted by Crippen LogP contribution is -2.24. The van der Waals surface area contributed by atoms with Crippen LogP contribution in [0.3, 0.4) is 0 Å². The summed E-state index contributed by atoms with van der Waals surface area (Å²) in [6.45, 7) is 0. The molecule has 0 saturated heterocycles. The Morgan fingerprint density at radius 2 is 2.55 bits per heavy atom. The zero-order valence-corrected chi connectivity index (χ0v) is 5.92. The van der Waals surface area contributed by atoms with E-state index in [1.807, 2.05) is 0 Å². The molecule has 0 aliphatic carbocycles. The number of nitrogens with two attached hydrogens (primary N) is 1. The first-order chi connectivity index (χ1) is 5.27. The van der Waals surface area contributed by atoms with Gasteiger partial charge in [0.25, 0.3) is 0 Å². The Hall–Kier alpha value is -1.74. The third kappa shape index (κ3) is 1.39. The van der Waals surface area contributed by atoms with Crippen LogP contribution in [-0.2, 0) is 9.53 Å². The maximum absolute atomic E-state index is 10.0. The van der Waals surface area contributed by atoms with Crippen LogP contribution in [0.15, 0.2) is 22.8 Å². The highest BCUT2D eigenvalue weighted by atomic mass is 16.5. The topological polar surface area (TPSA) is 76.7 Å². The molecular weight excluding hydrogens is 146 g/mol. The van der Waals surface area contributed by atoms with Crippen LogP contribution in [0.4, 0.5) is 0 Å². The molecule has 1 aliphatic rings. The molecule has 5 heteroatoms. The van der Waals surface area contributed by atoms with E-state index < -0.39 is 0 Å². The number of nitrogens with one attached hydrogen (secondary N) is 1. The second-order valence-corrected chi connectivity index (χ2v) is 1.80. The fraction of sp³-hybridized carbons (Fsp3) is 0.167. The van der Waals surface area contributed by atoms with Crippen molar-refractivity contribution in [1.82, 2.24) is 5.32 Å². The first kappa shape index (κ1) is 7.37. The summed E-state index contributed by atoms with van der Waals surface area (Å²) in [5, 5.41) is 2.54. The van der Waals surface area contributed by atoms with Crippen LogP contribution in [-0.4, -0.2) is 18.9 Å². The summed E-state index contributed by atoms with van der Waals surface area (Å²) < 4.78 is 4.80. The Kier molecular flexibility index (Phi) is 1.94. The number of rotatable bonds is 1. The average Bonchev–Trinajstić information content (AvgIpc) is 2.04. The van der Waals surface area contributed by atoms with Crippen LogP contribution in [0, 0.1) is 0 Å². The first-order valence-electron chi connectivity index (χ1n) is 2.88. The van der Waals surface area contributed by atoms with Gasteiger partial charge in [-0.05, 0) is 0 Å². The maximum Gasteiger partial charge on any atom is 0.218 e. The standard InChI is InChI=1S/C6H7N3O2/c1-11-4-2-8-5(3-10)9-6(4)7/h2,8H,1H3,(H2,7,9). The lowest BCUT2D eigenvalue weighted by atomic mass is 10.4.